The van der Waals surface area contributed by atoms with Crippen LogP contribution < -0.4 is 11.1 Å². The molecule has 0 aromatic heterocycles. The van der Waals surface area contributed by atoms with Gasteiger partial charge in [-0.25, -0.2) is 0 Å². The topological polar surface area (TPSA) is 64.4 Å². The van der Waals surface area contributed by atoms with Gasteiger partial charge in [0.05, 0.1) is 5.41 Å². The van der Waals surface area contributed by atoms with Gasteiger partial charge in [-0.05, 0) is 32.6 Å². The predicted octanol–water partition coefficient (Wildman–Crippen LogP) is 0.936. The molecule has 5 heteroatoms. The summed E-state index contributed by atoms with van der Waals surface area (Å²) in [4.78, 5) is 11.7. The monoisotopic (exact) mass is 250 g/mol. The Bertz CT molecular complexity index is 216. The lowest BCUT2D eigenvalue weighted by Crippen LogP contribution is -2.43. The second-order valence-corrected chi connectivity index (χ2v) is 4.85. The van der Waals surface area contributed by atoms with Crippen LogP contribution in [0.15, 0.2) is 0 Å². The van der Waals surface area contributed by atoms with E-state index < -0.39 is 5.41 Å². The number of rotatable bonds is 4. The van der Waals surface area contributed by atoms with E-state index in [0.29, 0.717) is 12.5 Å². The average molecular weight is 251 g/mol. The molecule has 0 radical (unpaired) electrons. The minimum atomic E-state index is -0.453. The molecule has 1 aliphatic heterocycles. The molecule has 0 spiro atoms. The van der Waals surface area contributed by atoms with Crippen molar-refractivity contribution < 1.29 is 9.53 Å². The minimum absolute atomic E-state index is 0. The number of ether oxygens (including phenoxy) is 1. The summed E-state index contributed by atoms with van der Waals surface area (Å²) < 4.78 is 5.26. The van der Waals surface area contributed by atoms with Crippen molar-refractivity contribution in [1.82, 2.24) is 5.32 Å². The molecule has 1 rings (SSSR count). The second kappa shape index (κ2) is 7.09. The molecule has 0 unspecified atom stereocenters. The number of nitrogens with two attached hydrogens (primary N) is 1. The van der Waals surface area contributed by atoms with Crippen LogP contribution in [0, 0.1) is 11.3 Å². The lowest BCUT2D eigenvalue weighted by Gasteiger charge is -2.26. The zero-order chi connectivity index (χ0) is 11.3. The highest BCUT2D eigenvalue weighted by Gasteiger charge is 2.26. The Labute approximate surface area is 104 Å². The largest absolute Gasteiger partial charge is 0.381 e. The third-order valence-electron chi connectivity index (χ3n) is 3.02. The first kappa shape index (κ1) is 15.7. The van der Waals surface area contributed by atoms with Gasteiger partial charge in [0, 0.05) is 26.3 Å². The molecule has 1 heterocycles. The standard InChI is InChI=1S/C11H22N2O2.ClH/c1-11(2,8-12)10(14)13-7-9-3-5-15-6-4-9;/h9H,3-8,12H2,1-2H3,(H,13,14);1H. The fourth-order valence-corrected chi connectivity index (χ4v) is 1.52. The van der Waals surface area contributed by atoms with Crippen LogP contribution in [0.1, 0.15) is 26.7 Å². The molecular formula is C11H23ClN2O2. The highest BCUT2D eigenvalue weighted by atomic mass is 35.5. The molecule has 0 atom stereocenters. The van der Waals surface area contributed by atoms with Crippen LogP contribution in [0.2, 0.25) is 0 Å². The van der Waals surface area contributed by atoms with E-state index in [2.05, 4.69) is 5.32 Å². The van der Waals surface area contributed by atoms with E-state index in [0.717, 1.165) is 32.6 Å². The quantitative estimate of drug-likeness (QED) is 0.781. The van der Waals surface area contributed by atoms with Crippen molar-refractivity contribution in [2.75, 3.05) is 26.3 Å². The van der Waals surface area contributed by atoms with Crippen LogP contribution >= 0.6 is 12.4 Å². The number of carbonyl (C=O) groups is 1. The normalized spacial score (nSPS) is 17.7. The molecule has 0 aliphatic carbocycles. The molecule has 0 bridgehead atoms. The smallest absolute Gasteiger partial charge is 0.226 e. The van der Waals surface area contributed by atoms with Crippen LogP contribution in [0.25, 0.3) is 0 Å². The number of amides is 1. The van der Waals surface area contributed by atoms with Crippen molar-refractivity contribution >= 4 is 18.3 Å². The van der Waals surface area contributed by atoms with Crippen molar-refractivity contribution in [2.45, 2.75) is 26.7 Å². The molecule has 0 saturated carbocycles. The predicted molar refractivity (Wildman–Crippen MR) is 66.6 cm³/mol. The zero-order valence-corrected chi connectivity index (χ0v) is 10.9. The molecule has 0 aromatic rings. The SMILES string of the molecule is CC(C)(CN)C(=O)NCC1CCOCC1.Cl. The maximum Gasteiger partial charge on any atom is 0.226 e. The third kappa shape index (κ3) is 4.68. The first-order valence-electron chi connectivity index (χ1n) is 5.62. The van der Waals surface area contributed by atoms with Gasteiger partial charge in [0.25, 0.3) is 0 Å². The van der Waals surface area contributed by atoms with Crippen LogP contribution in [-0.4, -0.2) is 32.2 Å². The number of hydrogen-bond donors (Lipinski definition) is 2. The van der Waals surface area contributed by atoms with Gasteiger partial charge in [-0.3, -0.25) is 4.79 Å². The van der Waals surface area contributed by atoms with Crippen LogP contribution in [0.5, 0.6) is 0 Å². The Morgan fingerprint density at radius 2 is 2.00 bits per heavy atom. The number of nitrogens with one attached hydrogen (secondary N) is 1. The fourth-order valence-electron chi connectivity index (χ4n) is 1.52. The zero-order valence-electron chi connectivity index (χ0n) is 10.1. The number of carbonyl (C=O) groups excluding carboxylic acids is 1. The van der Waals surface area contributed by atoms with Gasteiger partial charge in [-0.15, -0.1) is 12.4 Å². The fraction of sp³-hybridized carbons (Fsp3) is 0.909. The highest BCUT2D eigenvalue weighted by Crippen LogP contribution is 2.15. The van der Waals surface area contributed by atoms with E-state index in [1.165, 1.54) is 0 Å². The Hall–Kier alpha value is -0.320. The third-order valence-corrected chi connectivity index (χ3v) is 3.02. The van der Waals surface area contributed by atoms with E-state index in [4.69, 9.17) is 10.5 Å². The highest BCUT2D eigenvalue weighted by molar-refractivity contribution is 5.85. The van der Waals surface area contributed by atoms with Crippen molar-refractivity contribution in [1.29, 1.82) is 0 Å². The van der Waals surface area contributed by atoms with Crippen LogP contribution in [0.3, 0.4) is 0 Å². The van der Waals surface area contributed by atoms with Gasteiger partial charge in [0.1, 0.15) is 0 Å². The molecule has 1 aliphatic rings. The Balaban J connectivity index is 0.00000225. The molecule has 3 N–H and O–H groups in total. The first-order valence-corrected chi connectivity index (χ1v) is 5.62. The van der Waals surface area contributed by atoms with Crippen molar-refractivity contribution in [2.24, 2.45) is 17.1 Å². The number of halogens is 1. The van der Waals surface area contributed by atoms with Crippen LogP contribution in [0.4, 0.5) is 0 Å². The minimum Gasteiger partial charge on any atom is -0.381 e. The maximum absolute atomic E-state index is 11.7. The molecule has 16 heavy (non-hydrogen) atoms. The molecule has 96 valence electrons. The van der Waals surface area contributed by atoms with Gasteiger partial charge in [-0.1, -0.05) is 0 Å². The first-order chi connectivity index (χ1) is 7.06. The van der Waals surface area contributed by atoms with E-state index in [1.807, 2.05) is 13.8 Å². The Morgan fingerprint density at radius 1 is 1.44 bits per heavy atom. The summed E-state index contributed by atoms with van der Waals surface area (Å²) >= 11 is 0. The molecule has 4 nitrogen and oxygen atoms in total. The van der Waals surface area contributed by atoms with E-state index in [1.54, 1.807) is 0 Å². The van der Waals surface area contributed by atoms with Crippen LogP contribution in [-0.2, 0) is 9.53 Å². The summed E-state index contributed by atoms with van der Waals surface area (Å²) in [6.45, 7) is 6.51. The maximum atomic E-state index is 11.7. The van der Waals surface area contributed by atoms with E-state index >= 15 is 0 Å². The Morgan fingerprint density at radius 3 is 2.50 bits per heavy atom. The van der Waals surface area contributed by atoms with Crippen molar-refractivity contribution in [3.63, 3.8) is 0 Å². The molecule has 0 aromatic carbocycles. The molecular weight excluding hydrogens is 228 g/mol. The van der Waals surface area contributed by atoms with Gasteiger partial charge in [-0.2, -0.15) is 0 Å². The molecule has 1 saturated heterocycles. The summed E-state index contributed by atoms with van der Waals surface area (Å²) in [6, 6.07) is 0. The van der Waals surface area contributed by atoms with Gasteiger partial charge < -0.3 is 15.8 Å². The summed E-state index contributed by atoms with van der Waals surface area (Å²) in [6.07, 6.45) is 2.09. The average Bonchev–Trinajstić information content (AvgIpc) is 2.27. The van der Waals surface area contributed by atoms with Gasteiger partial charge in [0.15, 0.2) is 0 Å². The lowest BCUT2D eigenvalue weighted by molar-refractivity contribution is -0.129. The van der Waals surface area contributed by atoms with Crippen molar-refractivity contribution in [3.8, 4) is 0 Å². The van der Waals surface area contributed by atoms with E-state index in [-0.39, 0.29) is 18.3 Å². The number of hydrogen-bond acceptors (Lipinski definition) is 3. The molecule has 1 fully saturated rings. The molecule has 1 amide bonds. The van der Waals surface area contributed by atoms with Gasteiger partial charge in [0.2, 0.25) is 5.91 Å². The summed E-state index contributed by atoms with van der Waals surface area (Å²) in [5.41, 5.74) is 5.08. The lowest BCUT2D eigenvalue weighted by atomic mass is 9.92. The summed E-state index contributed by atoms with van der Waals surface area (Å²) in [7, 11) is 0. The summed E-state index contributed by atoms with van der Waals surface area (Å²) in [5.74, 6) is 0.618. The Kier molecular flexibility index (Phi) is 6.95. The van der Waals surface area contributed by atoms with Gasteiger partial charge >= 0.3 is 0 Å². The summed E-state index contributed by atoms with van der Waals surface area (Å²) in [5, 5.41) is 2.97. The second-order valence-electron chi connectivity index (χ2n) is 4.85. The van der Waals surface area contributed by atoms with E-state index in [9.17, 15) is 4.79 Å². The van der Waals surface area contributed by atoms with Crippen molar-refractivity contribution in [3.05, 3.63) is 0 Å².